The minimum Gasteiger partial charge on any atom is -0.375 e. The van der Waals surface area contributed by atoms with E-state index in [0.717, 1.165) is 19.5 Å². The number of nitrogens with zero attached hydrogens (tertiary/aromatic N) is 1. The molecule has 0 bridgehead atoms. The van der Waals surface area contributed by atoms with Crippen molar-refractivity contribution in [1.82, 2.24) is 14.3 Å². The lowest BCUT2D eigenvalue weighted by atomic mass is 9.96. The summed E-state index contributed by atoms with van der Waals surface area (Å²) in [4.78, 5) is 0. The number of piperidine rings is 1. The average molecular weight is 305 g/mol. The molecule has 0 saturated carbocycles. The van der Waals surface area contributed by atoms with Gasteiger partial charge in [0.25, 0.3) is 10.2 Å². The second kappa shape index (κ2) is 7.17. The van der Waals surface area contributed by atoms with Gasteiger partial charge in [0, 0.05) is 19.1 Å². The topological polar surface area (TPSA) is 70.7 Å². The number of hydrogen-bond donors (Lipinski definition) is 2. The Labute approximate surface area is 122 Å². The van der Waals surface area contributed by atoms with Gasteiger partial charge in [0.15, 0.2) is 0 Å². The Morgan fingerprint density at radius 2 is 2.20 bits per heavy atom. The third-order valence-electron chi connectivity index (χ3n) is 4.10. The van der Waals surface area contributed by atoms with E-state index in [-0.39, 0.29) is 12.1 Å². The first kappa shape index (κ1) is 16.2. The van der Waals surface area contributed by atoms with Crippen molar-refractivity contribution in [3.05, 3.63) is 0 Å². The number of rotatable bonds is 5. The maximum Gasteiger partial charge on any atom is 0.279 e. The SMILES string of the molecule is CC1CN(S(=O)(=O)NCCC2CCCNC2)C(C)CO1. The van der Waals surface area contributed by atoms with E-state index in [1.807, 2.05) is 13.8 Å². The van der Waals surface area contributed by atoms with E-state index in [9.17, 15) is 8.42 Å². The molecule has 2 aliphatic heterocycles. The molecule has 0 amide bonds. The average Bonchev–Trinajstić information content (AvgIpc) is 2.42. The van der Waals surface area contributed by atoms with Crippen LogP contribution in [-0.4, -0.2) is 57.7 Å². The van der Waals surface area contributed by atoms with Crippen LogP contribution < -0.4 is 10.0 Å². The third kappa shape index (κ3) is 4.39. The lowest BCUT2D eigenvalue weighted by Crippen LogP contribution is -2.54. The fourth-order valence-electron chi connectivity index (χ4n) is 2.85. The maximum atomic E-state index is 12.3. The molecule has 2 aliphatic rings. The summed E-state index contributed by atoms with van der Waals surface area (Å²) in [5, 5.41) is 3.35. The Bertz CT molecular complexity index is 396. The molecule has 0 spiro atoms. The van der Waals surface area contributed by atoms with Crippen molar-refractivity contribution < 1.29 is 13.2 Å². The van der Waals surface area contributed by atoms with E-state index >= 15 is 0 Å². The molecule has 20 heavy (non-hydrogen) atoms. The summed E-state index contributed by atoms with van der Waals surface area (Å²) in [5.41, 5.74) is 0. The molecular weight excluding hydrogens is 278 g/mol. The molecule has 3 atom stereocenters. The Morgan fingerprint density at radius 3 is 2.90 bits per heavy atom. The lowest BCUT2D eigenvalue weighted by Gasteiger charge is -2.35. The molecule has 2 heterocycles. The molecule has 2 fully saturated rings. The zero-order chi connectivity index (χ0) is 14.6. The van der Waals surface area contributed by atoms with Crippen molar-refractivity contribution in [1.29, 1.82) is 0 Å². The van der Waals surface area contributed by atoms with Gasteiger partial charge in [-0.25, -0.2) is 4.72 Å². The van der Waals surface area contributed by atoms with Gasteiger partial charge >= 0.3 is 0 Å². The lowest BCUT2D eigenvalue weighted by molar-refractivity contribution is -0.0175. The highest BCUT2D eigenvalue weighted by molar-refractivity contribution is 7.87. The summed E-state index contributed by atoms with van der Waals surface area (Å²) in [6, 6.07) is -0.0972. The van der Waals surface area contributed by atoms with Crippen LogP contribution in [-0.2, 0) is 14.9 Å². The van der Waals surface area contributed by atoms with Crippen molar-refractivity contribution >= 4 is 10.2 Å². The summed E-state index contributed by atoms with van der Waals surface area (Å²) in [6.45, 7) is 7.31. The molecular formula is C13H27N3O3S. The molecule has 2 saturated heterocycles. The van der Waals surface area contributed by atoms with Crippen LogP contribution in [0.15, 0.2) is 0 Å². The van der Waals surface area contributed by atoms with Crippen LogP contribution in [0.1, 0.15) is 33.1 Å². The van der Waals surface area contributed by atoms with Gasteiger partial charge in [-0.1, -0.05) is 0 Å². The van der Waals surface area contributed by atoms with Crippen LogP contribution >= 0.6 is 0 Å². The summed E-state index contributed by atoms with van der Waals surface area (Å²) in [7, 11) is -3.38. The van der Waals surface area contributed by atoms with Crippen LogP contribution in [0.25, 0.3) is 0 Å². The van der Waals surface area contributed by atoms with Gasteiger partial charge in [-0.3, -0.25) is 0 Å². The Hall–Kier alpha value is -0.210. The van der Waals surface area contributed by atoms with Crippen LogP contribution in [0, 0.1) is 5.92 Å². The number of ether oxygens (including phenoxy) is 1. The highest BCUT2D eigenvalue weighted by Crippen LogP contribution is 2.16. The van der Waals surface area contributed by atoms with Gasteiger partial charge in [0.1, 0.15) is 0 Å². The van der Waals surface area contributed by atoms with E-state index in [2.05, 4.69) is 10.0 Å². The fourth-order valence-corrected chi connectivity index (χ4v) is 4.34. The molecule has 0 radical (unpaired) electrons. The Morgan fingerprint density at radius 1 is 1.40 bits per heavy atom. The summed E-state index contributed by atoms with van der Waals surface area (Å²) < 4.78 is 34.4. The monoisotopic (exact) mass is 305 g/mol. The minimum atomic E-state index is -3.38. The molecule has 7 heteroatoms. The highest BCUT2D eigenvalue weighted by atomic mass is 32.2. The second-order valence-electron chi connectivity index (χ2n) is 5.96. The summed E-state index contributed by atoms with van der Waals surface area (Å²) >= 11 is 0. The Kier molecular flexibility index (Phi) is 5.80. The second-order valence-corrected chi connectivity index (χ2v) is 7.67. The predicted molar refractivity (Wildman–Crippen MR) is 78.7 cm³/mol. The molecule has 2 rings (SSSR count). The molecule has 0 aromatic heterocycles. The van der Waals surface area contributed by atoms with Crippen molar-refractivity contribution in [3.8, 4) is 0 Å². The van der Waals surface area contributed by atoms with E-state index < -0.39 is 10.2 Å². The summed E-state index contributed by atoms with van der Waals surface area (Å²) in [5.74, 6) is 0.590. The molecule has 0 aromatic rings. The van der Waals surface area contributed by atoms with Gasteiger partial charge in [0.2, 0.25) is 0 Å². The van der Waals surface area contributed by atoms with E-state index in [4.69, 9.17) is 4.74 Å². The quantitative estimate of drug-likeness (QED) is 0.767. The van der Waals surface area contributed by atoms with Gasteiger partial charge in [0.05, 0.1) is 12.7 Å². The molecule has 2 N–H and O–H groups in total. The van der Waals surface area contributed by atoms with Crippen LogP contribution in [0.2, 0.25) is 0 Å². The standard InChI is InChI=1S/C13H27N3O3S/c1-11-10-19-12(2)9-16(11)20(17,18)15-7-5-13-4-3-6-14-8-13/h11-15H,3-10H2,1-2H3. The highest BCUT2D eigenvalue weighted by Gasteiger charge is 2.32. The van der Waals surface area contributed by atoms with Crippen molar-refractivity contribution in [3.63, 3.8) is 0 Å². The number of hydrogen-bond acceptors (Lipinski definition) is 4. The zero-order valence-corrected chi connectivity index (χ0v) is 13.3. The first-order chi connectivity index (χ1) is 9.49. The minimum absolute atomic E-state index is 0.0367. The smallest absolute Gasteiger partial charge is 0.279 e. The molecule has 118 valence electrons. The van der Waals surface area contributed by atoms with E-state index in [1.165, 1.54) is 17.1 Å². The van der Waals surface area contributed by atoms with Crippen LogP contribution in [0.5, 0.6) is 0 Å². The van der Waals surface area contributed by atoms with Crippen molar-refractivity contribution in [2.24, 2.45) is 5.92 Å². The normalized spacial score (nSPS) is 33.2. The van der Waals surface area contributed by atoms with Crippen LogP contribution in [0.3, 0.4) is 0 Å². The molecule has 3 unspecified atom stereocenters. The maximum absolute atomic E-state index is 12.3. The summed E-state index contributed by atoms with van der Waals surface area (Å²) in [6.07, 6.45) is 3.25. The fraction of sp³-hybridized carbons (Fsp3) is 1.00. The van der Waals surface area contributed by atoms with Gasteiger partial charge in [-0.2, -0.15) is 12.7 Å². The van der Waals surface area contributed by atoms with E-state index in [1.54, 1.807) is 0 Å². The first-order valence-electron chi connectivity index (χ1n) is 7.58. The number of morpholine rings is 1. The van der Waals surface area contributed by atoms with E-state index in [0.29, 0.717) is 25.6 Å². The third-order valence-corrected chi connectivity index (χ3v) is 5.79. The molecule has 0 aliphatic carbocycles. The zero-order valence-electron chi connectivity index (χ0n) is 12.5. The van der Waals surface area contributed by atoms with Crippen molar-refractivity contribution in [2.75, 3.05) is 32.8 Å². The van der Waals surface area contributed by atoms with Gasteiger partial charge in [-0.15, -0.1) is 0 Å². The predicted octanol–water partition coefficient (Wildman–Crippen LogP) is 0.320. The van der Waals surface area contributed by atoms with Crippen molar-refractivity contribution in [2.45, 2.75) is 45.3 Å². The first-order valence-corrected chi connectivity index (χ1v) is 9.02. The van der Waals surface area contributed by atoms with Crippen LogP contribution in [0.4, 0.5) is 0 Å². The molecule has 0 aromatic carbocycles. The molecule has 6 nitrogen and oxygen atoms in total. The largest absolute Gasteiger partial charge is 0.375 e. The number of nitrogens with one attached hydrogen (secondary N) is 2. The van der Waals surface area contributed by atoms with Gasteiger partial charge in [-0.05, 0) is 52.1 Å². The van der Waals surface area contributed by atoms with Gasteiger partial charge < -0.3 is 10.1 Å². The Balaban J connectivity index is 1.80.